The van der Waals surface area contributed by atoms with Crippen molar-refractivity contribution in [3.8, 4) is 0 Å². The fraction of sp³-hybridized carbons (Fsp3) is 0.524. The summed E-state index contributed by atoms with van der Waals surface area (Å²) >= 11 is 0. The highest BCUT2D eigenvalue weighted by molar-refractivity contribution is 5.89. The summed E-state index contributed by atoms with van der Waals surface area (Å²) in [5.74, 6) is 1.81. The summed E-state index contributed by atoms with van der Waals surface area (Å²) in [5.41, 5.74) is 1.44. The standard InChI is InChI=1S/C21H27FN4O/c1-15-12-23-20(17-7-4-8-17)26(15)14-16-6-5-11-25(13-16)21(27)24-19-10-3-2-9-18(19)22/h2-3,9-10,12,16-17H,4-8,11,13-14H2,1H3,(H,24,27). The molecule has 0 bridgehead atoms. The number of para-hydroxylation sites is 1. The van der Waals surface area contributed by atoms with Gasteiger partial charge in [0.15, 0.2) is 0 Å². The van der Waals surface area contributed by atoms with Gasteiger partial charge in [-0.15, -0.1) is 0 Å². The minimum atomic E-state index is -0.404. The van der Waals surface area contributed by atoms with Crippen molar-refractivity contribution in [3.05, 3.63) is 47.8 Å². The van der Waals surface area contributed by atoms with Crippen molar-refractivity contribution in [2.45, 2.75) is 51.5 Å². The fourth-order valence-corrected chi connectivity index (χ4v) is 4.12. The van der Waals surface area contributed by atoms with E-state index in [0.717, 1.165) is 25.9 Å². The van der Waals surface area contributed by atoms with Crippen LogP contribution in [0.25, 0.3) is 0 Å². The largest absolute Gasteiger partial charge is 0.332 e. The van der Waals surface area contributed by atoms with Gasteiger partial charge < -0.3 is 14.8 Å². The zero-order valence-corrected chi connectivity index (χ0v) is 15.8. The third-order valence-corrected chi connectivity index (χ3v) is 5.92. The quantitative estimate of drug-likeness (QED) is 0.859. The number of aryl methyl sites for hydroxylation is 1. The minimum Gasteiger partial charge on any atom is -0.332 e. The van der Waals surface area contributed by atoms with Gasteiger partial charge in [0.2, 0.25) is 0 Å². The zero-order valence-electron chi connectivity index (χ0n) is 15.8. The highest BCUT2D eigenvalue weighted by Crippen LogP contribution is 2.36. The van der Waals surface area contributed by atoms with Gasteiger partial charge in [-0.2, -0.15) is 0 Å². The Morgan fingerprint density at radius 1 is 1.26 bits per heavy atom. The number of nitrogens with zero attached hydrogens (tertiary/aromatic N) is 3. The molecule has 1 saturated carbocycles. The van der Waals surface area contributed by atoms with Gasteiger partial charge in [-0.1, -0.05) is 18.6 Å². The van der Waals surface area contributed by atoms with Crippen molar-refractivity contribution in [3.63, 3.8) is 0 Å². The molecule has 2 heterocycles. The number of urea groups is 1. The molecule has 1 aliphatic carbocycles. The van der Waals surface area contributed by atoms with Gasteiger partial charge in [0.1, 0.15) is 11.6 Å². The van der Waals surface area contributed by atoms with Crippen LogP contribution in [-0.2, 0) is 6.54 Å². The number of anilines is 1. The van der Waals surface area contributed by atoms with Gasteiger partial charge in [0.05, 0.1) is 5.69 Å². The number of hydrogen-bond acceptors (Lipinski definition) is 2. The molecule has 1 unspecified atom stereocenters. The second kappa shape index (κ2) is 7.71. The molecule has 1 aromatic heterocycles. The summed E-state index contributed by atoms with van der Waals surface area (Å²) in [6.07, 6.45) is 7.81. The molecular weight excluding hydrogens is 343 g/mol. The molecule has 0 radical (unpaired) electrons. The van der Waals surface area contributed by atoms with Crippen LogP contribution in [0.2, 0.25) is 0 Å². The molecule has 27 heavy (non-hydrogen) atoms. The Balaban J connectivity index is 1.40. The van der Waals surface area contributed by atoms with Gasteiger partial charge in [0, 0.05) is 37.4 Å². The Bertz CT molecular complexity index is 814. The number of piperidine rings is 1. The first-order chi connectivity index (χ1) is 13.1. The summed E-state index contributed by atoms with van der Waals surface area (Å²) in [7, 11) is 0. The number of likely N-dealkylation sites (tertiary alicyclic amines) is 1. The van der Waals surface area contributed by atoms with Crippen molar-refractivity contribution >= 4 is 11.7 Å². The molecule has 2 fully saturated rings. The van der Waals surface area contributed by atoms with Gasteiger partial charge >= 0.3 is 6.03 Å². The summed E-state index contributed by atoms with van der Waals surface area (Å²) in [5, 5.41) is 2.71. The van der Waals surface area contributed by atoms with Crippen molar-refractivity contribution < 1.29 is 9.18 Å². The van der Waals surface area contributed by atoms with Crippen LogP contribution >= 0.6 is 0 Å². The molecule has 5 nitrogen and oxygen atoms in total. The molecule has 1 N–H and O–H groups in total. The molecule has 2 aromatic rings. The molecule has 144 valence electrons. The predicted octanol–water partition coefficient (Wildman–Crippen LogP) is 4.54. The Morgan fingerprint density at radius 2 is 2.07 bits per heavy atom. The molecule has 4 rings (SSSR count). The fourth-order valence-electron chi connectivity index (χ4n) is 4.12. The summed E-state index contributed by atoms with van der Waals surface area (Å²) in [6.45, 7) is 4.43. The van der Waals surface area contributed by atoms with E-state index in [0.29, 0.717) is 18.4 Å². The molecular formula is C21H27FN4O. The number of aromatic nitrogens is 2. The lowest BCUT2D eigenvalue weighted by atomic mass is 9.84. The Morgan fingerprint density at radius 3 is 2.81 bits per heavy atom. The second-order valence-electron chi connectivity index (χ2n) is 7.86. The van der Waals surface area contributed by atoms with Crippen molar-refractivity contribution in [2.24, 2.45) is 5.92 Å². The highest BCUT2D eigenvalue weighted by Gasteiger charge is 2.28. The Labute approximate surface area is 159 Å². The minimum absolute atomic E-state index is 0.216. The first-order valence-corrected chi connectivity index (χ1v) is 9.94. The first kappa shape index (κ1) is 18.0. The molecule has 1 saturated heterocycles. The summed E-state index contributed by atoms with van der Waals surface area (Å²) < 4.78 is 16.2. The third kappa shape index (κ3) is 3.84. The Kier molecular flexibility index (Phi) is 5.14. The van der Waals surface area contributed by atoms with Crippen LogP contribution in [0.3, 0.4) is 0 Å². The molecule has 2 amide bonds. The molecule has 6 heteroatoms. The highest BCUT2D eigenvalue weighted by atomic mass is 19.1. The van der Waals surface area contributed by atoms with Crippen molar-refractivity contribution in [1.29, 1.82) is 0 Å². The lowest BCUT2D eigenvalue weighted by molar-refractivity contribution is 0.169. The smallest absolute Gasteiger partial charge is 0.321 e. The molecule has 2 aliphatic rings. The first-order valence-electron chi connectivity index (χ1n) is 9.94. The van der Waals surface area contributed by atoms with Gasteiger partial charge in [-0.05, 0) is 50.7 Å². The number of hydrogen-bond donors (Lipinski definition) is 1. The van der Waals surface area contributed by atoms with E-state index in [1.807, 2.05) is 11.1 Å². The normalized spacial score (nSPS) is 20.4. The molecule has 0 spiro atoms. The second-order valence-corrected chi connectivity index (χ2v) is 7.86. The summed E-state index contributed by atoms with van der Waals surface area (Å²) in [4.78, 5) is 19.1. The van der Waals surface area contributed by atoms with E-state index in [1.165, 1.54) is 36.8 Å². The SMILES string of the molecule is Cc1cnc(C2CCC2)n1CC1CCCN(C(=O)Nc2ccccc2F)C1. The zero-order chi connectivity index (χ0) is 18.8. The number of benzene rings is 1. The number of halogens is 1. The molecule has 1 atom stereocenters. The maximum atomic E-state index is 13.8. The van der Waals surface area contributed by atoms with E-state index in [4.69, 9.17) is 0 Å². The van der Waals surface area contributed by atoms with Crippen LogP contribution in [0.1, 0.15) is 49.5 Å². The van der Waals surface area contributed by atoms with Gasteiger partial charge in [0.25, 0.3) is 0 Å². The monoisotopic (exact) mass is 370 g/mol. The maximum absolute atomic E-state index is 13.8. The third-order valence-electron chi connectivity index (χ3n) is 5.92. The van der Waals surface area contributed by atoms with Crippen LogP contribution in [0.15, 0.2) is 30.5 Å². The number of rotatable bonds is 4. The molecule has 1 aliphatic heterocycles. The van der Waals surface area contributed by atoms with Crippen LogP contribution < -0.4 is 5.32 Å². The average Bonchev–Trinajstić information content (AvgIpc) is 2.96. The van der Waals surface area contributed by atoms with E-state index >= 15 is 0 Å². The number of imidazole rings is 1. The van der Waals surface area contributed by atoms with Gasteiger partial charge in [-0.3, -0.25) is 0 Å². The van der Waals surface area contributed by atoms with Crippen LogP contribution in [-0.4, -0.2) is 33.6 Å². The summed E-state index contributed by atoms with van der Waals surface area (Å²) in [6, 6.07) is 6.08. The maximum Gasteiger partial charge on any atom is 0.321 e. The number of carbonyl (C=O) groups is 1. The number of carbonyl (C=O) groups excluding carboxylic acids is 1. The van der Waals surface area contributed by atoms with E-state index in [2.05, 4.69) is 21.8 Å². The predicted molar refractivity (Wildman–Crippen MR) is 103 cm³/mol. The van der Waals surface area contributed by atoms with Crippen LogP contribution in [0.4, 0.5) is 14.9 Å². The average molecular weight is 370 g/mol. The van der Waals surface area contributed by atoms with Gasteiger partial charge in [-0.25, -0.2) is 14.2 Å². The number of nitrogens with one attached hydrogen (secondary N) is 1. The lowest BCUT2D eigenvalue weighted by Crippen LogP contribution is -2.43. The Hall–Kier alpha value is -2.37. The van der Waals surface area contributed by atoms with E-state index in [-0.39, 0.29) is 11.7 Å². The van der Waals surface area contributed by atoms with E-state index < -0.39 is 5.82 Å². The van der Waals surface area contributed by atoms with E-state index in [9.17, 15) is 9.18 Å². The van der Waals surface area contributed by atoms with E-state index in [1.54, 1.807) is 18.2 Å². The number of amides is 2. The lowest BCUT2D eigenvalue weighted by Gasteiger charge is -2.34. The van der Waals surface area contributed by atoms with Crippen LogP contribution in [0.5, 0.6) is 0 Å². The molecule has 1 aromatic carbocycles. The van der Waals surface area contributed by atoms with Crippen molar-refractivity contribution in [1.82, 2.24) is 14.5 Å². The van der Waals surface area contributed by atoms with Crippen molar-refractivity contribution in [2.75, 3.05) is 18.4 Å². The van der Waals surface area contributed by atoms with Crippen LogP contribution in [0, 0.1) is 18.7 Å². The topological polar surface area (TPSA) is 50.2 Å².